The number of nitrogens with zero attached hydrogens (tertiary/aromatic N) is 3. The van der Waals surface area contributed by atoms with Crippen LogP contribution in [0.15, 0.2) is 24.3 Å². The number of rotatable bonds is 6. The maximum atomic E-state index is 12.3. The highest BCUT2D eigenvalue weighted by Crippen LogP contribution is 2.35. The molecule has 0 saturated carbocycles. The van der Waals surface area contributed by atoms with Crippen molar-refractivity contribution < 1.29 is 4.79 Å². The normalized spacial score (nSPS) is 15.9. The van der Waals surface area contributed by atoms with Crippen molar-refractivity contribution >= 4 is 5.91 Å². The molecule has 22 heavy (non-hydrogen) atoms. The summed E-state index contributed by atoms with van der Waals surface area (Å²) in [6.45, 7) is 1.21. The third-order valence-corrected chi connectivity index (χ3v) is 4.16. The molecule has 114 valence electrons. The molecule has 0 saturated heterocycles. The summed E-state index contributed by atoms with van der Waals surface area (Å²) >= 11 is 0. The van der Waals surface area contributed by atoms with Crippen molar-refractivity contribution in [2.24, 2.45) is 0 Å². The number of carbonyl (C=O) groups excluding carboxylic acids is 1. The maximum Gasteiger partial charge on any atom is 0.236 e. The summed E-state index contributed by atoms with van der Waals surface area (Å²) in [7, 11) is 1.73. The fourth-order valence-corrected chi connectivity index (χ4v) is 2.94. The number of hydrogen-bond acceptors (Lipinski definition) is 3. The molecule has 4 heteroatoms. The van der Waals surface area contributed by atoms with Crippen LogP contribution in [0.1, 0.15) is 30.0 Å². The summed E-state index contributed by atoms with van der Waals surface area (Å²) in [5.74, 6) is 2.67. The SMILES string of the molecule is C#CCN(CC(=O)N(C)CCC#N)[C@@H]1CCc2ccccc21. The third kappa shape index (κ3) is 3.67. The van der Waals surface area contributed by atoms with Crippen molar-refractivity contribution in [2.45, 2.75) is 25.3 Å². The number of benzene rings is 1. The van der Waals surface area contributed by atoms with Gasteiger partial charge in [-0.1, -0.05) is 30.2 Å². The Hall–Kier alpha value is -2.30. The second-order valence-corrected chi connectivity index (χ2v) is 5.59. The van der Waals surface area contributed by atoms with Gasteiger partial charge in [-0.2, -0.15) is 5.26 Å². The number of fused-ring (bicyclic) bond motifs is 1. The molecule has 0 heterocycles. The minimum Gasteiger partial charge on any atom is -0.344 e. The van der Waals surface area contributed by atoms with Crippen LogP contribution in [-0.4, -0.2) is 42.4 Å². The maximum absolute atomic E-state index is 12.3. The van der Waals surface area contributed by atoms with E-state index in [1.54, 1.807) is 11.9 Å². The molecule has 0 unspecified atom stereocenters. The van der Waals surface area contributed by atoms with Crippen LogP contribution in [0.2, 0.25) is 0 Å². The molecule has 1 aliphatic carbocycles. The molecule has 2 rings (SSSR count). The minimum atomic E-state index is 0.00915. The first kappa shape index (κ1) is 16.1. The molecule has 1 atom stereocenters. The van der Waals surface area contributed by atoms with Crippen molar-refractivity contribution in [1.29, 1.82) is 5.26 Å². The standard InChI is InChI=1S/C18H21N3O/c1-3-12-21(14-18(22)20(2)13-6-11-19)17-10-9-15-7-4-5-8-16(15)17/h1,4-5,7-8,17H,6,9-10,12-14H2,2H3/t17-/m1/s1. The van der Waals surface area contributed by atoms with Gasteiger partial charge >= 0.3 is 0 Å². The van der Waals surface area contributed by atoms with E-state index in [2.05, 4.69) is 29.0 Å². The second-order valence-electron chi connectivity index (χ2n) is 5.59. The summed E-state index contributed by atoms with van der Waals surface area (Å²) < 4.78 is 0. The number of hydrogen-bond donors (Lipinski definition) is 0. The topological polar surface area (TPSA) is 47.3 Å². The largest absolute Gasteiger partial charge is 0.344 e. The van der Waals surface area contributed by atoms with Gasteiger partial charge in [-0.05, 0) is 24.0 Å². The van der Waals surface area contributed by atoms with Crippen LogP contribution >= 0.6 is 0 Å². The zero-order chi connectivity index (χ0) is 15.9. The van der Waals surface area contributed by atoms with Crippen molar-refractivity contribution in [1.82, 2.24) is 9.80 Å². The monoisotopic (exact) mass is 295 g/mol. The average Bonchev–Trinajstić information content (AvgIpc) is 2.96. The Kier molecular flexibility index (Phi) is 5.58. The second kappa shape index (κ2) is 7.64. The molecule has 0 N–H and O–H groups in total. The van der Waals surface area contributed by atoms with Gasteiger partial charge < -0.3 is 4.90 Å². The van der Waals surface area contributed by atoms with E-state index in [0.717, 1.165) is 12.8 Å². The minimum absolute atomic E-state index is 0.00915. The van der Waals surface area contributed by atoms with Crippen LogP contribution in [0.3, 0.4) is 0 Å². The van der Waals surface area contributed by atoms with Crippen molar-refractivity contribution in [3.05, 3.63) is 35.4 Å². The first-order valence-corrected chi connectivity index (χ1v) is 7.53. The number of terminal acetylenes is 1. The summed E-state index contributed by atoms with van der Waals surface area (Å²) in [4.78, 5) is 16.0. The number of amides is 1. The first-order chi connectivity index (χ1) is 10.7. The molecule has 0 radical (unpaired) electrons. The lowest BCUT2D eigenvalue weighted by Crippen LogP contribution is -2.40. The molecule has 0 spiro atoms. The quantitative estimate of drug-likeness (QED) is 0.754. The lowest BCUT2D eigenvalue weighted by Gasteiger charge is -2.29. The summed E-state index contributed by atoms with van der Waals surface area (Å²) in [5, 5.41) is 8.62. The molecule has 0 aromatic heterocycles. The molecule has 0 bridgehead atoms. The zero-order valence-corrected chi connectivity index (χ0v) is 13.0. The fourth-order valence-electron chi connectivity index (χ4n) is 2.94. The molecule has 1 aromatic carbocycles. The van der Waals surface area contributed by atoms with E-state index in [4.69, 9.17) is 11.7 Å². The van der Waals surface area contributed by atoms with Crippen LogP contribution in [0.5, 0.6) is 0 Å². The van der Waals surface area contributed by atoms with Gasteiger partial charge in [0, 0.05) is 19.6 Å². The van der Waals surface area contributed by atoms with E-state index in [1.807, 2.05) is 12.1 Å². The Morgan fingerprint density at radius 3 is 2.95 bits per heavy atom. The van der Waals surface area contributed by atoms with E-state index in [0.29, 0.717) is 26.1 Å². The third-order valence-electron chi connectivity index (χ3n) is 4.16. The predicted octanol–water partition coefficient (Wildman–Crippen LogP) is 1.98. The van der Waals surface area contributed by atoms with Gasteiger partial charge in [0.2, 0.25) is 5.91 Å². The number of carbonyl (C=O) groups is 1. The molecule has 1 amide bonds. The van der Waals surface area contributed by atoms with Crippen molar-refractivity contribution in [2.75, 3.05) is 26.7 Å². The summed E-state index contributed by atoms with van der Waals surface area (Å²) in [5.41, 5.74) is 2.63. The van der Waals surface area contributed by atoms with E-state index in [1.165, 1.54) is 11.1 Å². The van der Waals surface area contributed by atoms with Gasteiger partial charge in [0.1, 0.15) is 0 Å². The van der Waals surface area contributed by atoms with Gasteiger partial charge in [0.25, 0.3) is 0 Å². The Morgan fingerprint density at radius 2 is 2.23 bits per heavy atom. The Bertz CT molecular complexity index is 611. The highest BCUT2D eigenvalue weighted by atomic mass is 16.2. The number of aryl methyl sites for hydroxylation is 1. The van der Waals surface area contributed by atoms with Gasteiger partial charge in [0.15, 0.2) is 0 Å². The van der Waals surface area contributed by atoms with Gasteiger partial charge in [-0.3, -0.25) is 9.69 Å². The van der Waals surface area contributed by atoms with Crippen LogP contribution in [0.25, 0.3) is 0 Å². The average molecular weight is 295 g/mol. The Balaban J connectivity index is 2.07. The molecule has 1 aliphatic rings. The van der Waals surface area contributed by atoms with Crippen LogP contribution < -0.4 is 0 Å². The summed E-state index contributed by atoms with van der Waals surface area (Å²) in [6.07, 6.45) is 7.86. The van der Waals surface area contributed by atoms with Crippen molar-refractivity contribution in [3.8, 4) is 18.4 Å². The highest BCUT2D eigenvalue weighted by molar-refractivity contribution is 5.78. The lowest BCUT2D eigenvalue weighted by atomic mass is 10.1. The van der Waals surface area contributed by atoms with Crippen molar-refractivity contribution in [3.63, 3.8) is 0 Å². The Morgan fingerprint density at radius 1 is 1.45 bits per heavy atom. The van der Waals surface area contributed by atoms with Gasteiger partial charge in [-0.15, -0.1) is 6.42 Å². The molecular formula is C18H21N3O. The smallest absolute Gasteiger partial charge is 0.236 e. The molecular weight excluding hydrogens is 274 g/mol. The molecule has 1 aromatic rings. The van der Waals surface area contributed by atoms with Crippen LogP contribution in [0, 0.1) is 23.7 Å². The number of likely N-dealkylation sites (N-methyl/N-ethyl adjacent to an activating group) is 1. The van der Waals surface area contributed by atoms with E-state index < -0.39 is 0 Å². The lowest BCUT2D eigenvalue weighted by molar-refractivity contribution is -0.131. The van der Waals surface area contributed by atoms with Gasteiger partial charge in [0.05, 0.1) is 25.6 Å². The Labute approximate surface area is 132 Å². The molecule has 4 nitrogen and oxygen atoms in total. The van der Waals surface area contributed by atoms with E-state index >= 15 is 0 Å². The first-order valence-electron chi connectivity index (χ1n) is 7.53. The number of nitriles is 1. The fraction of sp³-hybridized carbons (Fsp3) is 0.444. The molecule has 0 aliphatic heterocycles. The van der Waals surface area contributed by atoms with Gasteiger partial charge in [-0.25, -0.2) is 0 Å². The highest BCUT2D eigenvalue weighted by Gasteiger charge is 2.28. The predicted molar refractivity (Wildman–Crippen MR) is 85.8 cm³/mol. The zero-order valence-electron chi connectivity index (χ0n) is 13.0. The summed E-state index contributed by atoms with van der Waals surface area (Å²) in [6, 6.07) is 10.6. The van der Waals surface area contributed by atoms with Crippen LogP contribution in [-0.2, 0) is 11.2 Å². The molecule has 0 fully saturated rings. The van der Waals surface area contributed by atoms with E-state index in [9.17, 15) is 4.79 Å². The van der Waals surface area contributed by atoms with Crippen LogP contribution in [0.4, 0.5) is 0 Å². The van der Waals surface area contributed by atoms with E-state index in [-0.39, 0.29) is 11.9 Å².